The predicted molar refractivity (Wildman–Crippen MR) is 95.1 cm³/mol. The molecule has 0 aliphatic carbocycles. The van der Waals surface area contributed by atoms with E-state index < -0.39 is 0 Å². The summed E-state index contributed by atoms with van der Waals surface area (Å²) in [5.74, 6) is 0.622. The number of amides is 1. The lowest BCUT2D eigenvalue weighted by molar-refractivity contribution is 0.0951. The number of nitrogens with zero attached hydrogens (tertiary/aromatic N) is 3. The van der Waals surface area contributed by atoms with Crippen molar-refractivity contribution in [1.29, 1.82) is 0 Å². The molecule has 1 amide bonds. The molecule has 1 aromatic heterocycles. The van der Waals surface area contributed by atoms with E-state index in [1.165, 1.54) is 4.90 Å². The third kappa shape index (κ3) is 4.70. The van der Waals surface area contributed by atoms with Gasteiger partial charge in [-0.2, -0.15) is 0 Å². The fourth-order valence-corrected chi connectivity index (χ4v) is 2.98. The van der Waals surface area contributed by atoms with Crippen molar-refractivity contribution in [2.75, 3.05) is 12.3 Å². The summed E-state index contributed by atoms with van der Waals surface area (Å²) in [6.07, 6.45) is 1.67. The highest BCUT2D eigenvalue weighted by molar-refractivity contribution is 7.99. The van der Waals surface area contributed by atoms with E-state index in [-0.39, 0.29) is 5.91 Å². The minimum Gasteiger partial charge on any atom is -0.350 e. The quantitative estimate of drug-likeness (QED) is 0.532. The highest BCUT2D eigenvalue weighted by atomic mass is 32.2. The summed E-state index contributed by atoms with van der Waals surface area (Å²) >= 11 is 1.71. The van der Waals surface area contributed by atoms with Crippen molar-refractivity contribution in [3.63, 3.8) is 0 Å². The molecule has 0 radical (unpaired) electrons. The van der Waals surface area contributed by atoms with Gasteiger partial charge in [0.1, 0.15) is 0 Å². The Bertz CT molecular complexity index is 774. The number of aromatic nitrogens is 3. The van der Waals surface area contributed by atoms with Crippen LogP contribution in [0.15, 0.2) is 71.8 Å². The van der Waals surface area contributed by atoms with Gasteiger partial charge in [-0.05, 0) is 17.7 Å². The number of rotatable bonds is 7. The van der Waals surface area contributed by atoms with Crippen LogP contribution >= 0.6 is 11.8 Å². The second-order valence-corrected chi connectivity index (χ2v) is 6.37. The van der Waals surface area contributed by atoms with Crippen molar-refractivity contribution < 1.29 is 4.79 Å². The summed E-state index contributed by atoms with van der Waals surface area (Å²) in [7, 11) is 0. The van der Waals surface area contributed by atoms with E-state index >= 15 is 0 Å². The molecule has 0 fully saturated rings. The molecule has 0 unspecified atom stereocenters. The van der Waals surface area contributed by atoms with Crippen LogP contribution in [0.4, 0.5) is 0 Å². The molecule has 0 atom stereocenters. The maximum absolute atomic E-state index is 12.1. The molecular weight excluding hydrogens is 320 g/mol. The molecule has 0 saturated carbocycles. The summed E-state index contributed by atoms with van der Waals surface area (Å²) in [6.45, 7) is 1.19. The minimum atomic E-state index is -0.192. The average molecular weight is 338 g/mol. The van der Waals surface area contributed by atoms with Gasteiger partial charge < -0.3 is 5.32 Å². The fraction of sp³-hybridized carbons (Fsp3) is 0.167. The van der Waals surface area contributed by atoms with Crippen molar-refractivity contribution in [2.45, 2.75) is 11.4 Å². The molecule has 122 valence electrons. The summed E-state index contributed by atoms with van der Waals surface area (Å²) in [6, 6.07) is 20.1. The smallest absolute Gasteiger partial charge is 0.273 e. The summed E-state index contributed by atoms with van der Waals surface area (Å²) in [5, 5.41) is 10.8. The molecule has 0 aliphatic heterocycles. The summed E-state index contributed by atoms with van der Waals surface area (Å²) in [5.41, 5.74) is 1.46. The van der Waals surface area contributed by atoms with Gasteiger partial charge in [-0.3, -0.25) is 4.79 Å². The zero-order valence-electron chi connectivity index (χ0n) is 13.1. The number of benzene rings is 2. The lowest BCUT2D eigenvalue weighted by Gasteiger charge is -2.03. The Labute approximate surface area is 145 Å². The molecule has 0 saturated heterocycles. The van der Waals surface area contributed by atoms with Crippen molar-refractivity contribution in [2.24, 2.45) is 0 Å². The zero-order chi connectivity index (χ0) is 16.6. The molecule has 24 heavy (non-hydrogen) atoms. The molecule has 0 bridgehead atoms. The average Bonchev–Trinajstić information content (AvgIpc) is 3.09. The first-order valence-electron chi connectivity index (χ1n) is 7.71. The SMILES string of the molecule is O=C(NCCSc1ccccc1)c1cn(Cc2ccccc2)nn1. The molecule has 5 nitrogen and oxygen atoms in total. The Kier molecular flexibility index (Phi) is 5.63. The van der Waals surface area contributed by atoms with E-state index in [9.17, 15) is 4.79 Å². The number of nitrogens with one attached hydrogen (secondary N) is 1. The van der Waals surface area contributed by atoms with Crippen LogP contribution < -0.4 is 5.32 Å². The Morgan fingerprint density at radius 2 is 1.75 bits per heavy atom. The van der Waals surface area contributed by atoms with E-state index in [2.05, 4.69) is 27.8 Å². The molecule has 0 aliphatic rings. The van der Waals surface area contributed by atoms with Crippen LogP contribution in [0.25, 0.3) is 0 Å². The highest BCUT2D eigenvalue weighted by Crippen LogP contribution is 2.15. The van der Waals surface area contributed by atoms with E-state index in [1.807, 2.05) is 48.5 Å². The molecule has 3 aromatic rings. The normalized spacial score (nSPS) is 10.5. The molecule has 2 aromatic carbocycles. The van der Waals surface area contributed by atoms with E-state index in [0.29, 0.717) is 18.8 Å². The second-order valence-electron chi connectivity index (χ2n) is 5.20. The van der Waals surface area contributed by atoms with Crippen LogP contribution in [0, 0.1) is 0 Å². The van der Waals surface area contributed by atoms with Gasteiger partial charge in [-0.15, -0.1) is 16.9 Å². The number of hydrogen-bond donors (Lipinski definition) is 1. The molecule has 6 heteroatoms. The van der Waals surface area contributed by atoms with Crippen LogP contribution in [0.3, 0.4) is 0 Å². The molecular formula is C18H18N4OS. The molecule has 1 heterocycles. The third-order valence-corrected chi connectivity index (χ3v) is 4.37. The van der Waals surface area contributed by atoms with Gasteiger partial charge in [-0.25, -0.2) is 4.68 Å². The van der Waals surface area contributed by atoms with Crippen molar-refractivity contribution in [3.05, 3.63) is 78.1 Å². The Morgan fingerprint density at radius 1 is 1.04 bits per heavy atom. The van der Waals surface area contributed by atoms with Crippen molar-refractivity contribution >= 4 is 17.7 Å². The molecule has 1 N–H and O–H groups in total. The third-order valence-electron chi connectivity index (χ3n) is 3.36. The summed E-state index contributed by atoms with van der Waals surface area (Å²) < 4.78 is 1.67. The van der Waals surface area contributed by atoms with Gasteiger partial charge >= 0.3 is 0 Å². The van der Waals surface area contributed by atoms with Crippen LogP contribution in [0.2, 0.25) is 0 Å². The second kappa shape index (κ2) is 8.31. The number of hydrogen-bond acceptors (Lipinski definition) is 4. The highest BCUT2D eigenvalue weighted by Gasteiger charge is 2.10. The van der Waals surface area contributed by atoms with Gasteiger partial charge in [0.25, 0.3) is 5.91 Å². The monoisotopic (exact) mass is 338 g/mol. The maximum Gasteiger partial charge on any atom is 0.273 e. The standard InChI is InChI=1S/C18H18N4OS/c23-18(19-11-12-24-16-9-5-2-6-10-16)17-14-22(21-20-17)13-15-7-3-1-4-8-15/h1-10,14H,11-13H2,(H,19,23). The topological polar surface area (TPSA) is 59.8 Å². The van der Waals surface area contributed by atoms with Gasteiger partial charge in [0.2, 0.25) is 0 Å². The van der Waals surface area contributed by atoms with E-state index in [1.54, 1.807) is 22.6 Å². The van der Waals surface area contributed by atoms with E-state index in [0.717, 1.165) is 11.3 Å². The van der Waals surface area contributed by atoms with Crippen LogP contribution in [0.1, 0.15) is 16.1 Å². The van der Waals surface area contributed by atoms with Gasteiger partial charge in [0.05, 0.1) is 12.7 Å². The fourth-order valence-electron chi connectivity index (χ4n) is 2.19. The van der Waals surface area contributed by atoms with Crippen molar-refractivity contribution in [3.8, 4) is 0 Å². The van der Waals surface area contributed by atoms with Crippen LogP contribution in [-0.4, -0.2) is 33.2 Å². The zero-order valence-corrected chi connectivity index (χ0v) is 13.9. The Hall–Kier alpha value is -2.60. The Morgan fingerprint density at radius 3 is 2.50 bits per heavy atom. The van der Waals surface area contributed by atoms with Gasteiger partial charge in [-0.1, -0.05) is 53.7 Å². The Balaban J connectivity index is 1.45. The predicted octanol–water partition coefficient (Wildman–Crippen LogP) is 2.85. The lowest BCUT2D eigenvalue weighted by Crippen LogP contribution is -2.26. The number of carbonyl (C=O) groups is 1. The van der Waals surface area contributed by atoms with Crippen molar-refractivity contribution in [1.82, 2.24) is 20.3 Å². The number of carbonyl (C=O) groups excluding carboxylic acids is 1. The first-order chi connectivity index (χ1) is 11.8. The van der Waals surface area contributed by atoms with Gasteiger partial charge in [0, 0.05) is 17.2 Å². The molecule has 3 rings (SSSR count). The minimum absolute atomic E-state index is 0.192. The number of thioether (sulfide) groups is 1. The summed E-state index contributed by atoms with van der Waals surface area (Å²) in [4.78, 5) is 13.3. The maximum atomic E-state index is 12.1. The van der Waals surface area contributed by atoms with Crippen LogP contribution in [0.5, 0.6) is 0 Å². The lowest BCUT2D eigenvalue weighted by atomic mass is 10.2. The van der Waals surface area contributed by atoms with Crippen LogP contribution in [-0.2, 0) is 6.54 Å². The first kappa shape index (κ1) is 16.3. The largest absolute Gasteiger partial charge is 0.350 e. The van der Waals surface area contributed by atoms with E-state index in [4.69, 9.17) is 0 Å². The van der Waals surface area contributed by atoms with Gasteiger partial charge in [0.15, 0.2) is 5.69 Å². The first-order valence-corrected chi connectivity index (χ1v) is 8.70. The molecule has 0 spiro atoms.